The van der Waals surface area contributed by atoms with E-state index in [0.717, 1.165) is 32.1 Å². The van der Waals surface area contributed by atoms with Crippen LogP contribution in [-0.2, 0) is 23.7 Å². The Morgan fingerprint density at radius 1 is 1.03 bits per heavy atom. The summed E-state index contributed by atoms with van der Waals surface area (Å²) in [6, 6.07) is 1.94. The number of nitrogens with zero attached hydrogens (tertiary/aromatic N) is 2. The minimum Gasteiger partial charge on any atom is -0.338 e. The fourth-order valence-corrected chi connectivity index (χ4v) is 5.69. The van der Waals surface area contributed by atoms with E-state index in [9.17, 15) is 31.1 Å². The molecule has 1 saturated carbocycles. The van der Waals surface area contributed by atoms with Crippen LogP contribution in [0.3, 0.4) is 0 Å². The van der Waals surface area contributed by atoms with E-state index < -0.39 is 29.5 Å². The summed E-state index contributed by atoms with van der Waals surface area (Å²) in [5.41, 5.74) is -2.84. The van der Waals surface area contributed by atoms with Crippen LogP contribution < -0.4 is 5.32 Å². The second-order valence-corrected chi connectivity index (χ2v) is 10.5. The molecule has 10 heteroatoms. The molecule has 0 aromatic heterocycles. The first-order valence-electron chi connectivity index (χ1n) is 12.8. The molecule has 2 aliphatic rings. The molecule has 3 rings (SSSR count). The third-order valence-corrected chi connectivity index (χ3v) is 7.80. The van der Waals surface area contributed by atoms with E-state index in [-0.39, 0.29) is 30.1 Å². The van der Waals surface area contributed by atoms with Gasteiger partial charge in [-0.3, -0.25) is 4.79 Å². The average Bonchev–Trinajstić information content (AvgIpc) is 3.16. The highest BCUT2D eigenvalue weighted by Crippen LogP contribution is 2.38. The summed E-state index contributed by atoms with van der Waals surface area (Å²) in [4.78, 5) is 17.5. The van der Waals surface area contributed by atoms with Crippen molar-refractivity contribution in [3.8, 4) is 0 Å². The van der Waals surface area contributed by atoms with Crippen LogP contribution in [-0.4, -0.2) is 53.5 Å². The molecule has 1 saturated heterocycles. The van der Waals surface area contributed by atoms with Crippen molar-refractivity contribution in [1.29, 1.82) is 0 Å². The summed E-state index contributed by atoms with van der Waals surface area (Å²) in [6.07, 6.45) is -4.38. The van der Waals surface area contributed by atoms with E-state index in [2.05, 4.69) is 38.0 Å². The summed E-state index contributed by atoms with van der Waals surface area (Å²) in [5, 5.41) is 2.93. The van der Waals surface area contributed by atoms with Crippen molar-refractivity contribution in [3.05, 3.63) is 34.9 Å². The highest BCUT2D eigenvalue weighted by Gasteiger charge is 2.42. The van der Waals surface area contributed by atoms with E-state index in [0.29, 0.717) is 43.1 Å². The van der Waals surface area contributed by atoms with Crippen LogP contribution in [0.5, 0.6) is 0 Å². The monoisotopic (exact) mass is 521 g/mol. The van der Waals surface area contributed by atoms with Crippen molar-refractivity contribution in [3.63, 3.8) is 0 Å². The van der Waals surface area contributed by atoms with Crippen LogP contribution in [0.15, 0.2) is 18.2 Å². The van der Waals surface area contributed by atoms with Gasteiger partial charge < -0.3 is 15.1 Å². The molecular weight excluding hydrogens is 484 g/mol. The molecule has 0 spiro atoms. The summed E-state index contributed by atoms with van der Waals surface area (Å²) >= 11 is 0. The van der Waals surface area contributed by atoms with Gasteiger partial charge in [0.1, 0.15) is 0 Å². The van der Waals surface area contributed by atoms with Crippen molar-refractivity contribution in [2.75, 3.05) is 13.6 Å². The highest BCUT2D eigenvalue weighted by molar-refractivity contribution is 5.84. The Labute approximate surface area is 209 Å². The average molecular weight is 522 g/mol. The van der Waals surface area contributed by atoms with Crippen LogP contribution in [0, 0.1) is 5.92 Å². The van der Waals surface area contributed by atoms with Gasteiger partial charge in [0.2, 0.25) is 5.91 Å². The maximum atomic E-state index is 13.2. The number of rotatable bonds is 8. The molecule has 2 fully saturated rings. The molecule has 1 N–H and O–H groups in total. The van der Waals surface area contributed by atoms with Gasteiger partial charge in [0.15, 0.2) is 0 Å². The molecule has 1 aliphatic carbocycles. The molecule has 1 aromatic rings. The molecular formula is C26H37F6N3O. The van der Waals surface area contributed by atoms with Crippen molar-refractivity contribution < 1.29 is 31.1 Å². The Bertz CT molecular complexity index is 868. The van der Waals surface area contributed by atoms with Gasteiger partial charge >= 0.3 is 12.4 Å². The Morgan fingerprint density at radius 3 is 2.17 bits per heavy atom. The van der Waals surface area contributed by atoms with Crippen LogP contribution in [0.25, 0.3) is 0 Å². The minimum absolute atomic E-state index is 0.111. The number of halogens is 6. The van der Waals surface area contributed by atoms with Crippen molar-refractivity contribution in [2.24, 2.45) is 5.92 Å². The molecule has 0 unspecified atom stereocenters. The third-order valence-electron chi connectivity index (χ3n) is 7.80. The minimum atomic E-state index is -4.90. The largest absolute Gasteiger partial charge is 0.416 e. The van der Waals surface area contributed by atoms with E-state index in [1.54, 1.807) is 0 Å². The van der Waals surface area contributed by atoms with Gasteiger partial charge in [-0.25, -0.2) is 0 Å². The maximum absolute atomic E-state index is 13.2. The summed E-state index contributed by atoms with van der Waals surface area (Å²) < 4.78 is 79.0. The summed E-state index contributed by atoms with van der Waals surface area (Å²) in [5.74, 6) is 0.259. The zero-order chi connectivity index (χ0) is 26.8. The van der Waals surface area contributed by atoms with Crippen LogP contribution in [0.1, 0.15) is 76.0 Å². The normalized spacial score (nSPS) is 25.9. The number of benzene rings is 1. The quantitative estimate of drug-likeness (QED) is 0.421. The van der Waals surface area contributed by atoms with E-state index in [1.165, 1.54) is 0 Å². The number of likely N-dealkylation sites (tertiary alicyclic amines) is 1. The van der Waals surface area contributed by atoms with E-state index in [1.807, 2.05) is 4.90 Å². The van der Waals surface area contributed by atoms with Gasteiger partial charge in [0.05, 0.1) is 17.2 Å². The molecule has 1 amide bonds. The Morgan fingerprint density at radius 2 is 1.64 bits per heavy atom. The molecule has 1 aliphatic heterocycles. The molecule has 4 nitrogen and oxygen atoms in total. The SMILES string of the molecule is CCC[C@H]1C[C@H](N(C)C(C)C)CC[C@@H]1N1CC[C@H](NCc2cc(C(F)(F)F)cc(C(F)(F)F)c2)C1=O. The number of hydrogen-bond acceptors (Lipinski definition) is 3. The van der Waals surface area contributed by atoms with Gasteiger partial charge in [0, 0.05) is 31.2 Å². The predicted octanol–water partition coefficient (Wildman–Crippen LogP) is 6.09. The van der Waals surface area contributed by atoms with Gasteiger partial charge in [0.25, 0.3) is 0 Å². The Kier molecular flexibility index (Phi) is 9.02. The second kappa shape index (κ2) is 11.3. The second-order valence-electron chi connectivity index (χ2n) is 10.5. The zero-order valence-corrected chi connectivity index (χ0v) is 21.3. The molecule has 1 aromatic carbocycles. The lowest BCUT2D eigenvalue weighted by Crippen LogP contribution is -2.51. The topological polar surface area (TPSA) is 35.6 Å². The maximum Gasteiger partial charge on any atom is 0.416 e. The zero-order valence-electron chi connectivity index (χ0n) is 21.3. The third kappa shape index (κ3) is 6.73. The van der Waals surface area contributed by atoms with Crippen molar-refractivity contribution >= 4 is 5.91 Å². The molecule has 0 radical (unpaired) electrons. The smallest absolute Gasteiger partial charge is 0.338 e. The van der Waals surface area contributed by atoms with Gasteiger partial charge in [-0.05, 0) is 82.7 Å². The van der Waals surface area contributed by atoms with Crippen LogP contribution >= 0.6 is 0 Å². The lowest BCUT2D eigenvalue weighted by atomic mass is 9.77. The van der Waals surface area contributed by atoms with Crippen molar-refractivity contribution in [1.82, 2.24) is 15.1 Å². The van der Waals surface area contributed by atoms with Gasteiger partial charge in [-0.1, -0.05) is 13.3 Å². The van der Waals surface area contributed by atoms with E-state index >= 15 is 0 Å². The van der Waals surface area contributed by atoms with Gasteiger partial charge in [-0.15, -0.1) is 0 Å². The van der Waals surface area contributed by atoms with Crippen LogP contribution in [0.2, 0.25) is 0 Å². The standard InChI is InChI=1S/C26H37F6N3O/c1-5-6-18-13-21(34(4)16(2)3)7-8-23(18)35-10-9-22(24(35)36)33-15-17-11-19(25(27,28)29)14-20(12-17)26(30,31)32/h11-12,14,16,18,21-23,33H,5-10,13,15H2,1-4H3/t18-,21+,22-,23-/m0/s1. The van der Waals surface area contributed by atoms with Crippen LogP contribution in [0.4, 0.5) is 26.3 Å². The Balaban J connectivity index is 1.68. The van der Waals surface area contributed by atoms with Crippen molar-refractivity contribution in [2.45, 2.75) is 102 Å². The number of amides is 1. The number of carbonyl (C=O) groups excluding carboxylic acids is 1. The molecule has 204 valence electrons. The van der Waals surface area contributed by atoms with E-state index in [4.69, 9.17) is 0 Å². The first-order valence-corrected chi connectivity index (χ1v) is 12.8. The number of nitrogens with one attached hydrogen (secondary N) is 1. The van der Waals surface area contributed by atoms with Gasteiger partial charge in [-0.2, -0.15) is 26.3 Å². The Hall–Kier alpha value is -1.81. The fraction of sp³-hybridized carbons (Fsp3) is 0.731. The first-order chi connectivity index (χ1) is 16.7. The summed E-state index contributed by atoms with van der Waals surface area (Å²) in [7, 11) is 2.14. The fourth-order valence-electron chi connectivity index (χ4n) is 5.69. The molecule has 36 heavy (non-hydrogen) atoms. The number of carbonyl (C=O) groups is 1. The molecule has 4 atom stereocenters. The summed E-state index contributed by atoms with van der Waals surface area (Å²) in [6.45, 7) is 6.77. The predicted molar refractivity (Wildman–Crippen MR) is 126 cm³/mol. The lowest BCUT2D eigenvalue weighted by Gasteiger charge is -2.44. The number of hydrogen-bond donors (Lipinski definition) is 1. The molecule has 0 bridgehead atoms. The highest BCUT2D eigenvalue weighted by atomic mass is 19.4. The first kappa shape index (κ1) is 28.8. The lowest BCUT2D eigenvalue weighted by molar-refractivity contribution is -0.143. The number of alkyl halides is 6. The molecule has 1 heterocycles.